The van der Waals surface area contributed by atoms with E-state index in [4.69, 9.17) is 9.15 Å². The SMILES string of the molecule is CCOC(=O)/C(=C/c1ccco1)C(C)=O. The zero-order chi connectivity index (χ0) is 11.3. The van der Waals surface area contributed by atoms with Crippen molar-refractivity contribution in [1.82, 2.24) is 0 Å². The summed E-state index contributed by atoms with van der Waals surface area (Å²) in [7, 11) is 0. The van der Waals surface area contributed by atoms with Crippen LogP contribution in [0.2, 0.25) is 0 Å². The van der Waals surface area contributed by atoms with Gasteiger partial charge in [0.2, 0.25) is 0 Å². The quantitative estimate of drug-likeness (QED) is 0.328. The second-order valence-corrected chi connectivity index (χ2v) is 2.85. The molecule has 0 amide bonds. The molecule has 0 unspecified atom stereocenters. The first kappa shape index (κ1) is 11.2. The normalized spacial score (nSPS) is 11.2. The maximum absolute atomic E-state index is 11.4. The molecule has 0 fully saturated rings. The molecule has 80 valence electrons. The third kappa shape index (κ3) is 3.09. The minimum absolute atomic E-state index is 0.00759. The highest BCUT2D eigenvalue weighted by Gasteiger charge is 2.15. The van der Waals surface area contributed by atoms with Gasteiger partial charge in [-0.25, -0.2) is 4.79 Å². The van der Waals surface area contributed by atoms with Gasteiger partial charge in [0.15, 0.2) is 5.78 Å². The van der Waals surface area contributed by atoms with Crippen LogP contribution in [0, 0.1) is 0 Å². The molecule has 1 aromatic heterocycles. The van der Waals surface area contributed by atoms with Crippen molar-refractivity contribution in [3.63, 3.8) is 0 Å². The van der Waals surface area contributed by atoms with Crippen molar-refractivity contribution >= 4 is 17.8 Å². The Morgan fingerprint density at radius 2 is 2.27 bits per heavy atom. The Hall–Kier alpha value is -1.84. The van der Waals surface area contributed by atoms with Crippen LogP contribution >= 0.6 is 0 Å². The maximum Gasteiger partial charge on any atom is 0.341 e. The lowest BCUT2D eigenvalue weighted by Gasteiger charge is -2.02. The molecule has 0 saturated carbocycles. The highest BCUT2D eigenvalue weighted by Crippen LogP contribution is 2.09. The number of esters is 1. The van der Waals surface area contributed by atoms with Gasteiger partial charge in [-0.05, 0) is 32.1 Å². The lowest BCUT2D eigenvalue weighted by Crippen LogP contribution is -2.13. The zero-order valence-corrected chi connectivity index (χ0v) is 8.65. The molecule has 1 rings (SSSR count). The van der Waals surface area contributed by atoms with Gasteiger partial charge in [0.1, 0.15) is 11.3 Å². The molecule has 0 bridgehead atoms. The van der Waals surface area contributed by atoms with Crippen LogP contribution in [-0.2, 0) is 14.3 Å². The molecule has 15 heavy (non-hydrogen) atoms. The monoisotopic (exact) mass is 208 g/mol. The van der Waals surface area contributed by atoms with Crippen molar-refractivity contribution in [3.8, 4) is 0 Å². The first-order valence-electron chi connectivity index (χ1n) is 4.58. The zero-order valence-electron chi connectivity index (χ0n) is 8.65. The summed E-state index contributed by atoms with van der Waals surface area (Å²) in [6.45, 7) is 3.23. The number of hydrogen-bond donors (Lipinski definition) is 0. The van der Waals surface area contributed by atoms with Crippen molar-refractivity contribution in [2.45, 2.75) is 13.8 Å². The smallest absolute Gasteiger partial charge is 0.341 e. The predicted molar refractivity (Wildman–Crippen MR) is 54.0 cm³/mol. The largest absolute Gasteiger partial charge is 0.465 e. The second-order valence-electron chi connectivity index (χ2n) is 2.85. The van der Waals surface area contributed by atoms with E-state index < -0.39 is 5.97 Å². The second kappa shape index (κ2) is 5.14. The van der Waals surface area contributed by atoms with E-state index in [0.717, 1.165) is 0 Å². The highest BCUT2D eigenvalue weighted by atomic mass is 16.5. The summed E-state index contributed by atoms with van der Waals surface area (Å²) >= 11 is 0. The average Bonchev–Trinajstić information content (AvgIpc) is 2.66. The molecule has 0 radical (unpaired) electrons. The van der Waals surface area contributed by atoms with Crippen LogP contribution in [0.5, 0.6) is 0 Å². The van der Waals surface area contributed by atoms with Crippen LogP contribution in [0.15, 0.2) is 28.4 Å². The fourth-order valence-corrected chi connectivity index (χ4v) is 1.03. The summed E-state index contributed by atoms with van der Waals surface area (Å²) < 4.78 is 9.75. The van der Waals surface area contributed by atoms with Crippen molar-refractivity contribution in [2.75, 3.05) is 6.61 Å². The van der Waals surface area contributed by atoms with Gasteiger partial charge in [0.05, 0.1) is 12.9 Å². The average molecular weight is 208 g/mol. The molecule has 0 spiro atoms. The summed E-state index contributed by atoms with van der Waals surface area (Å²) in [5.41, 5.74) is -0.00759. The molecule has 0 aliphatic rings. The molecule has 0 aliphatic carbocycles. The summed E-state index contributed by atoms with van der Waals surface area (Å²) in [5, 5.41) is 0. The van der Waals surface area contributed by atoms with E-state index in [0.29, 0.717) is 5.76 Å². The van der Waals surface area contributed by atoms with Gasteiger partial charge >= 0.3 is 5.97 Å². The predicted octanol–water partition coefficient (Wildman–Crippen LogP) is 1.82. The van der Waals surface area contributed by atoms with Crippen LogP contribution in [0.4, 0.5) is 0 Å². The summed E-state index contributed by atoms with van der Waals surface area (Å²) in [6.07, 6.45) is 2.84. The van der Waals surface area contributed by atoms with Crippen LogP contribution < -0.4 is 0 Å². The van der Waals surface area contributed by atoms with Crippen molar-refractivity contribution < 1.29 is 18.7 Å². The molecule has 4 nitrogen and oxygen atoms in total. The Kier molecular flexibility index (Phi) is 3.85. The van der Waals surface area contributed by atoms with E-state index in [1.807, 2.05) is 0 Å². The fourth-order valence-electron chi connectivity index (χ4n) is 1.03. The lowest BCUT2D eigenvalue weighted by molar-refractivity contribution is -0.139. The molecule has 0 aliphatic heterocycles. The summed E-state index contributed by atoms with van der Waals surface area (Å²) in [4.78, 5) is 22.5. The summed E-state index contributed by atoms with van der Waals surface area (Å²) in [5.74, 6) is -0.514. The third-order valence-electron chi connectivity index (χ3n) is 1.70. The minimum Gasteiger partial charge on any atom is -0.465 e. The van der Waals surface area contributed by atoms with Gasteiger partial charge in [-0.1, -0.05) is 0 Å². The van der Waals surface area contributed by atoms with Crippen LogP contribution in [0.3, 0.4) is 0 Å². The van der Waals surface area contributed by atoms with Crippen molar-refractivity contribution in [3.05, 3.63) is 29.7 Å². The van der Waals surface area contributed by atoms with E-state index in [1.165, 1.54) is 19.3 Å². The van der Waals surface area contributed by atoms with Gasteiger partial charge < -0.3 is 9.15 Å². The van der Waals surface area contributed by atoms with Gasteiger partial charge in [-0.2, -0.15) is 0 Å². The molecule has 1 aromatic rings. The van der Waals surface area contributed by atoms with E-state index in [9.17, 15) is 9.59 Å². The Morgan fingerprint density at radius 3 is 2.73 bits per heavy atom. The van der Waals surface area contributed by atoms with Gasteiger partial charge in [0.25, 0.3) is 0 Å². The molecule has 0 saturated heterocycles. The van der Waals surface area contributed by atoms with Gasteiger partial charge in [-0.3, -0.25) is 4.79 Å². The molecule has 0 N–H and O–H groups in total. The molecule has 0 atom stereocenters. The lowest BCUT2D eigenvalue weighted by atomic mass is 10.1. The number of hydrogen-bond acceptors (Lipinski definition) is 4. The molecule has 1 heterocycles. The number of carbonyl (C=O) groups is 2. The van der Waals surface area contributed by atoms with Crippen molar-refractivity contribution in [1.29, 1.82) is 0 Å². The number of furan rings is 1. The van der Waals surface area contributed by atoms with E-state index in [1.54, 1.807) is 19.1 Å². The molecule has 4 heteroatoms. The van der Waals surface area contributed by atoms with E-state index >= 15 is 0 Å². The van der Waals surface area contributed by atoms with Crippen LogP contribution in [0.25, 0.3) is 6.08 Å². The third-order valence-corrected chi connectivity index (χ3v) is 1.70. The Morgan fingerprint density at radius 1 is 1.53 bits per heavy atom. The number of Topliss-reactive ketones (excluding diaryl/α,β-unsaturated/α-hetero) is 1. The van der Waals surface area contributed by atoms with Crippen molar-refractivity contribution in [2.24, 2.45) is 0 Å². The Balaban J connectivity index is 2.92. The van der Waals surface area contributed by atoms with Crippen LogP contribution in [-0.4, -0.2) is 18.4 Å². The summed E-state index contributed by atoms with van der Waals surface area (Å²) in [6, 6.07) is 3.33. The number of ether oxygens (including phenoxy) is 1. The minimum atomic E-state index is -0.624. The fraction of sp³-hybridized carbons (Fsp3) is 0.273. The maximum atomic E-state index is 11.4. The highest BCUT2D eigenvalue weighted by molar-refractivity contribution is 6.19. The first-order valence-corrected chi connectivity index (χ1v) is 4.58. The molecular weight excluding hydrogens is 196 g/mol. The van der Waals surface area contributed by atoms with E-state index in [-0.39, 0.29) is 18.0 Å². The topological polar surface area (TPSA) is 56.5 Å². The Bertz CT molecular complexity index is 373. The Labute approximate surface area is 87.5 Å². The molecule has 0 aromatic carbocycles. The standard InChI is InChI=1S/C11H12O4/c1-3-14-11(13)10(8(2)12)7-9-5-4-6-15-9/h4-7H,3H2,1-2H3/b10-7+. The van der Waals surface area contributed by atoms with Gasteiger partial charge in [0, 0.05) is 0 Å². The number of rotatable bonds is 4. The first-order chi connectivity index (χ1) is 7.15. The number of carbonyl (C=O) groups excluding carboxylic acids is 2. The number of ketones is 1. The van der Waals surface area contributed by atoms with Gasteiger partial charge in [-0.15, -0.1) is 0 Å². The molecular formula is C11H12O4. The van der Waals surface area contributed by atoms with E-state index in [2.05, 4.69) is 0 Å². The van der Waals surface area contributed by atoms with Crippen LogP contribution in [0.1, 0.15) is 19.6 Å².